The SMILES string of the molecule is C=Cc1c2[nH]c(c1C)/C=C1\N/C(=C3\c4[nH]c(c(C)c4C(=O)[C@@H]3C(=O)OC)/C=c3\[nH]/c(c(C)c3CC)=C\2)[C@@H](C[C@@H]2OC2(O)O)[C@@H]1C. The molecule has 0 amide bonds. The van der Waals surface area contributed by atoms with Crippen LogP contribution in [0.3, 0.4) is 0 Å². The van der Waals surface area contributed by atoms with Gasteiger partial charge in [-0.3, -0.25) is 9.59 Å². The minimum absolute atomic E-state index is 0.148. The predicted molar refractivity (Wildman–Crippen MR) is 170 cm³/mol. The van der Waals surface area contributed by atoms with E-state index in [1.54, 1.807) is 0 Å². The second-order valence-corrected chi connectivity index (χ2v) is 12.6. The van der Waals surface area contributed by atoms with Gasteiger partial charge in [0.15, 0.2) is 5.78 Å². The highest BCUT2D eigenvalue weighted by molar-refractivity contribution is 6.24. The van der Waals surface area contributed by atoms with E-state index >= 15 is 0 Å². The number of aromatic amines is 3. The first-order valence-corrected chi connectivity index (χ1v) is 15.4. The molecule has 2 fully saturated rings. The van der Waals surface area contributed by atoms with Gasteiger partial charge in [-0.2, -0.15) is 0 Å². The molecular formula is C35H38N4O6. The predicted octanol–water partition coefficient (Wildman–Crippen LogP) is 2.79. The van der Waals surface area contributed by atoms with E-state index in [1.807, 2.05) is 39.0 Å². The van der Waals surface area contributed by atoms with Crippen molar-refractivity contribution in [2.45, 2.75) is 59.5 Å². The number of epoxide rings is 1. The van der Waals surface area contributed by atoms with Crippen molar-refractivity contribution in [1.29, 1.82) is 0 Å². The van der Waals surface area contributed by atoms with Crippen molar-refractivity contribution in [1.82, 2.24) is 20.3 Å². The number of aliphatic hydroxyl groups is 2. The van der Waals surface area contributed by atoms with Gasteiger partial charge in [0.1, 0.15) is 12.0 Å². The summed E-state index contributed by atoms with van der Waals surface area (Å²) in [5, 5.41) is 25.7. The number of Topliss-reactive ketones (excluding diaryl/α,β-unsaturated/α-hetero) is 1. The standard InChI is InChI=1S/C35H38N4O6/c1-8-18-14(3)21-11-23-16(5)20(10-27-35(42,43)45-27)31(38-23)29-30(34(41)44-7)33(40)28-17(6)24(39-32(28)29)13-26-19(9-2)15(4)22(37-26)12-25(18)36-21/h8,11-13,16,20,27,30,36-39,42-43H,1,9-10H2,2-7H3/b22-12-,23-11-,26-13-,31-29-/t16-,20-,27-,30+/m0/s1. The summed E-state index contributed by atoms with van der Waals surface area (Å²) in [5.74, 6) is -4.82. The molecule has 3 aromatic rings. The minimum atomic E-state index is -2.20. The largest absolute Gasteiger partial charge is 0.468 e. The molecule has 45 heavy (non-hydrogen) atoms. The van der Waals surface area contributed by atoms with E-state index in [1.165, 1.54) is 12.7 Å². The lowest BCUT2D eigenvalue weighted by Gasteiger charge is -2.19. The first-order chi connectivity index (χ1) is 21.4. The Hall–Kier alpha value is -4.38. The summed E-state index contributed by atoms with van der Waals surface area (Å²) >= 11 is 0. The number of carbonyl (C=O) groups is 2. The second-order valence-electron chi connectivity index (χ2n) is 12.6. The Balaban J connectivity index is 1.57. The summed E-state index contributed by atoms with van der Waals surface area (Å²) in [5.41, 5.74) is 10.7. The molecule has 3 aromatic heterocycles. The number of allylic oxidation sites excluding steroid dienone is 2. The van der Waals surface area contributed by atoms with E-state index in [0.717, 1.165) is 62.2 Å². The number of H-pyrrole nitrogens is 3. The Morgan fingerprint density at radius 3 is 2.38 bits per heavy atom. The Morgan fingerprint density at radius 2 is 1.73 bits per heavy atom. The molecule has 2 saturated heterocycles. The topological polar surface area (TPSA) is 156 Å². The van der Waals surface area contributed by atoms with E-state index in [4.69, 9.17) is 9.47 Å². The molecule has 0 radical (unpaired) electrons. The van der Waals surface area contributed by atoms with Gasteiger partial charge in [-0.15, -0.1) is 0 Å². The van der Waals surface area contributed by atoms with Gasteiger partial charge in [0.25, 0.3) is 0 Å². The van der Waals surface area contributed by atoms with Crippen molar-refractivity contribution >= 4 is 41.6 Å². The van der Waals surface area contributed by atoms with Gasteiger partial charge >= 0.3 is 11.9 Å². The number of carbonyl (C=O) groups excluding carboxylic acids is 2. The fourth-order valence-corrected chi connectivity index (χ4v) is 7.53. The molecule has 0 spiro atoms. The molecule has 6 N–H and O–H groups in total. The molecule has 0 saturated carbocycles. The van der Waals surface area contributed by atoms with E-state index in [2.05, 4.69) is 46.8 Å². The molecule has 6 heterocycles. The van der Waals surface area contributed by atoms with Gasteiger partial charge in [0.2, 0.25) is 0 Å². The number of aromatic nitrogens is 3. The second kappa shape index (κ2) is 10.1. The third-order valence-electron chi connectivity index (χ3n) is 10.2. The van der Waals surface area contributed by atoms with Crippen LogP contribution < -0.4 is 16.0 Å². The van der Waals surface area contributed by atoms with Crippen LogP contribution in [-0.4, -0.2) is 56.1 Å². The number of esters is 1. The summed E-state index contributed by atoms with van der Waals surface area (Å²) in [6.07, 6.45) is 8.30. The lowest BCUT2D eigenvalue weighted by atomic mass is 9.84. The number of nitrogens with one attached hydrogen (secondary N) is 4. The summed E-state index contributed by atoms with van der Waals surface area (Å²) in [7, 11) is 1.28. The normalized spacial score (nSPS) is 28.4. The van der Waals surface area contributed by atoms with Crippen molar-refractivity contribution in [3.63, 3.8) is 0 Å². The molecule has 8 bridgehead atoms. The van der Waals surface area contributed by atoms with Crippen LogP contribution in [-0.2, 0) is 20.7 Å². The van der Waals surface area contributed by atoms with Gasteiger partial charge in [0, 0.05) is 67.7 Å². The number of methoxy groups -OCH3 is 1. The fraction of sp³-hybridized carbons (Fsp3) is 0.371. The Kier molecular flexibility index (Phi) is 6.56. The van der Waals surface area contributed by atoms with Crippen molar-refractivity contribution in [2.75, 3.05) is 7.11 Å². The van der Waals surface area contributed by atoms with Gasteiger partial charge < -0.3 is 40.0 Å². The molecule has 4 atom stereocenters. The maximum absolute atomic E-state index is 14.1. The summed E-state index contributed by atoms with van der Waals surface area (Å²) in [4.78, 5) is 38.1. The van der Waals surface area contributed by atoms with Crippen LogP contribution >= 0.6 is 0 Å². The number of ketones is 1. The zero-order valence-corrected chi connectivity index (χ0v) is 26.3. The number of fused-ring (bicyclic) bond motifs is 7. The van der Waals surface area contributed by atoms with Gasteiger partial charge in [-0.05, 0) is 74.1 Å². The summed E-state index contributed by atoms with van der Waals surface area (Å²) < 4.78 is 10.4. The summed E-state index contributed by atoms with van der Waals surface area (Å²) in [6, 6.07) is 0. The zero-order valence-electron chi connectivity index (χ0n) is 26.3. The molecular weight excluding hydrogens is 572 g/mol. The highest BCUT2D eigenvalue weighted by Gasteiger charge is 2.57. The molecule has 0 aromatic carbocycles. The number of hydrogen-bond acceptors (Lipinski definition) is 7. The highest BCUT2D eigenvalue weighted by atomic mass is 16.9. The molecule has 1 aliphatic carbocycles. The lowest BCUT2D eigenvalue weighted by molar-refractivity contribution is -0.150. The monoisotopic (exact) mass is 610 g/mol. The van der Waals surface area contributed by atoms with Crippen molar-refractivity contribution in [3.8, 4) is 0 Å². The van der Waals surface area contributed by atoms with Crippen LogP contribution in [0.25, 0.3) is 29.9 Å². The average Bonchev–Trinajstić information content (AvgIpc) is 3.41. The molecule has 4 aliphatic rings. The maximum atomic E-state index is 14.1. The first kappa shape index (κ1) is 29.3. The number of hydrogen-bond donors (Lipinski definition) is 6. The van der Waals surface area contributed by atoms with Crippen LogP contribution in [0.1, 0.15) is 81.2 Å². The van der Waals surface area contributed by atoms with E-state index < -0.39 is 24.0 Å². The van der Waals surface area contributed by atoms with E-state index in [-0.39, 0.29) is 24.0 Å². The molecule has 0 unspecified atom stereocenters. The van der Waals surface area contributed by atoms with Crippen LogP contribution in [0.2, 0.25) is 0 Å². The summed E-state index contributed by atoms with van der Waals surface area (Å²) in [6.45, 7) is 14.3. The van der Waals surface area contributed by atoms with Crippen LogP contribution in [0.15, 0.2) is 18.0 Å². The van der Waals surface area contributed by atoms with Crippen molar-refractivity contribution in [3.05, 3.63) is 84.8 Å². The van der Waals surface area contributed by atoms with E-state index in [0.29, 0.717) is 22.5 Å². The minimum Gasteiger partial charge on any atom is -0.468 e. The van der Waals surface area contributed by atoms with Crippen molar-refractivity contribution in [2.24, 2.45) is 17.8 Å². The quantitative estimate of drug-likeness (QED) is 0.112. The molecule has 10 heteroatoms. The Bertz CT molecular complexity index is 2020. The Labute approximate surface area is 260 Å². The fourth-order valence-electron chi connectivity index (χ4n) is 7.53. The molecule has 3 aliphatic heterocycles. The highest BCUT2D eigenvalue weighted by Crippen LogP contribution is 2.50. The molecule has 7 rings (SSSR count). The smallest absolute Gasteiger partial charge is 0.321 e. The maximum Gasteiger partial charge on any atom is 0.321 e. The van der Waals surface area contributed by atoms with Crippen molar-refractivity contribution < 1.29 is 29.3 Å². The average molecular weight is 611 g/mol. The lowest BCUT2D eigenvalue weighted by Crippen LogP contribution is -2.25. The van der Waals surface area contributed by atoms with Gasteiger partial charge in [-0.25, -0.2) is 0 Å². The zero-order chi connectivity index (χ0) is 32.1. The van der Waals surface area contributed by atoms with Gasteiger partial charge in [0.05, 0.1) is 12.8 Å². The molecule has 10 nitrogen and oxygen atoms in total. The third kappa shape index (κ3) is 4.27. The first-order valence-electron chi connectivity index (χ1n) is 15.4. The van der Waals surface area contributed by atoms with E-state index in [9.17, 15) is 19.8 Å². The third-order valence-corrected chi connectivity index (χ3v) is 10.2. The number of rotatable bonds is 5. The van der Waals surface area contributed by atoms with Gasteiger partial charge in [-0.1, -0.05) is 26.5 Å². The Morgan fingerprint density at radius 1 is 1.04 bits per heavy atom. The van der Waals surface area contributed by atoms with Crippen LogP contribution in [0.4, 0.5) is 0 Å². The molecule has 234 valence electrons. The van der Waals surface area contributed by atoms with Crippen LogP contribution in [0, 0.1) is 38.5 Å². The van der Waals surface area contributed by atoms with Crippen LogP contribution in [0.5, 0.6) is 0 Å². The number of ether oxygens (including phenoxy) is 2.